The van der Waals surface area contributed by atoms with Crippen LogP contribution in [-0.2, 0) is 6.42 Å². The third-order valence-corrected chi connectivity index (χ3v) is 2.77. The lowest BCUT2D eigenvalue weighted by Crippen LogP contribution is -2.28. The Morgan fingerprint density at radius 1 is 1.21 bits per heavy atom. The molecule has 1 atom stereocenters. The molecule has 2 heterocycles. The molecule has 0 fully saturated rings. The van der Waals surface area contributed by atoms with Gasteiger partial charge in [0.1, 0.15) is 11.3 Å². The van der Waals surface area contributed by atoms with Gasteiger partial charge in [0.15, 0.2) is 5.65 Å². The summed E-state index contributed by atoms with van der Waals surface area (Å²) < 4.78 is 0. The van der Waals surface area contributed by atoms with E-state index in [0.717, 1.165) is 6.42 Å². The summed E-state index contributed by atoms with van der Waals surface area (Å²) in [7, 11) is 0. The molecular weight excluding hydrogens is 246 g/mol. The highest BCUT2D eigenvalue weighted by Gasteiger charge is 2.17. The average Bonchev–Trinajstić information content (AvgIpc) is 2.56. The molecule has 0 aliphatic heterocycles. The third-order valence-electron chi connectivity index (χ3n) is 2.77. The van der Waals surface area contributed by atoms with E-state index >= 15 is 0 Å². The Bertz CT molecular complexity index is 688. The number of nitrogens with zero attached hydrogens (tertiary/aromatic N) is 1. The SMILES string of the molecule is CC(C)(C)CC(N)Cc1nc2[nH]c(=O)[nH]c(=O)c2[nH]1. The number of aromatic nitrogens is 4. The first-order valence-electron chi connectivity index (χ1n) is 6.21. The molecule has 0 radical (unpaired) electrons. The summed E-state index contributed by atoms with van der Waals surface area (Å²) in [6.45, 7) is 6.36. The second-order valence-corrected chi connectivity index (χ2v) is 6.04. The summed E-state index contributed by atoms with van der Waals surface area (Å²) in [6.07, 6.45) is 1.38. The van der Waals surface area contributed by atoms with Crippen molar-refractivity contribution in [3.8, 4) is 0 Å². The molecule has 0 saturated heterocycles. The van der Waals surface area contributed by atoms with Gasteiger partial charge in [-0.2, -0.15) is 0 Å². The smallest absolute Gasteiger partial charge is 0.327 e. The molecule has 2 aromatic heterocycles. The Balaban J connectivity index is 2.25. The predicted octanol–water partition coefficient (Wildman–Crippen LogP) is 0.246. The molecular formula is C12H19N5O2. The van der Waals surface area contributed by atoms with Crippen LogP contribution in [0.5, 0.6) is 0 Å². The minimum Gasteiger partial charge on any atom is -0.336 e. The van der Waals surface area contributed by atoms with Crippen LogP contribution in [0.2, 0.25) is 0 Å². The molecule has 7 nitrogen and oxygen atoms in total. The van der Waals surface area contributed by atoms with Crippen molar-refractivity contribution < 1.29 is 0 Å². The zero-order valence-corrected chi connectivity index (χ0v) is 11.3. The Labute approximate surface area is 109 Å². The molecule has 7 heteroatoms. The van der Waals surface area contributed by atoms with Crippen molar-refractivity contribution in [3.63, 3.8) is 0 Å². The minimum atomic E-state index is -0.561. The number of nitrogens with one attached hydrogen (secondary N) is 3. The van der Waals surface area contributed by atoms with Gasteiger partial charge < -0.3 is 10.7 Å². The van der Waals surface area contributed by atoms with Gasteiger partial charge in [0, 0.05) is 12.5 Å². The fourth-order valence-electron chi connectivity index (χ4n) is 2.19. The van der Waals surface area contributed by atoms with Gasteiger partial charge in [-0.1, -0.05) is 20.8 Å². The van der Waals surface area contributed by atoms with E-state index in [4.69, 9.17) is 5.73 Å². The summed E-state index contributed by atoms with van der Waals surface area (Å²) in [5, 5.41) is 0. The van der Waals surface area contributed by atoms with Crippen molar-refractivity contribution in [3.05, 3.63) is 26.7 Å². The van der Waals surface area contributed by atoms with E-state index in [0.29, 0.717) is 12.2 Å². The van der Waals surface area contributed by atoms with Gasteiger partial charge in [0.05, 0.1) is 0 Å². The van der Waals surface area contributed by atoms with Crippen molar-refractivity contribution in [2.45, 2.75) is 39.7 Å². The third kappa shape index (κ3) is 3.31. The quantitative estimate of drug-likeness (QED) is 0.635. The molecule has 19 heavy (non-hydrogen) atoms. The number of hydrogen-bond acceptors (Lipinski definition) is 4. The number of hydrogen-bond donors (Lipinski definition) is 4. The lowest BCUT2D eigenvalue weighted by Gasteiger charge is -2.22. The van der Waals surface area contributed by atoms with Gasteiger partial charge in [0.2, 0.25) is 0 Å². The van der Waals surface area contributed by atoms with Crippen LogP contribution in [0.15, 0.2) is 9.59 Å². The van der Waals surface area contributed by atoms with Crippen LogP contribution in [0.25, 0.3) is 11.2 Å². The summed E-state index contributed by atoms with van der Waals surface area (Å²) in [6, 6.07) is -0.0497. The van der Waals surface area contributed by atoms with Crippen LogP contribution in [-0.4, -0.2) is 26.0 Å². The van der Waals surface area contributed by atoms with Gasteiger partial charge in [-0.15, -0.1) is 0 Å². The van der Waals surface area contributed by atoms with E-state index in [9.17, 15) is 9.59 Å². The normalized spacial score (nSPS) is 13.9. The van der Waals surface area contributed by atoms with Crippen LogP contribution in [0, 0.1) is 5.41 Å². The van der Waals surface area contributed by atoms with Gasteiger partial charge >= 0.3 is 5.69 Å². The largest absolute Gasteiger partial charge is 0.336 e. The number of nitrogens with two attached hydrogens (primary N) is 1. The van der Waals surface area contributed by atoms with Gasteiger partial charge in [0.25, 0.3) is 5.56 Å². The number of imidazole rings is 1. The molecule has 0 aliphatic rings. The van der Waals surface area contributed by atoms with Crippen molar-refractivity contribution in [1.82, 2.24) is 19.9 Å². The molecule has 2 aromatic rings. The topological polar surface area (TPSA) is 120 Å². The summed E-state index contributed by atoms with van der Waals surface area (Å²) >= 11 is 0. The number of fused-ring (bicyclic) bond motifs is 1. The number of rotatable bonds is 3. The molecule has 0 aromatic carbocycles. The molecule has 0 spiro atoms. The highest BCUT2D eigenvalue weighted by Crippen LogP contribution is 2.21. The molecule has 5 N–H and O–H groups in total. The van der Waals surface area contributed by atoms with Crippen LogP contribution >= 0.6 is 0 Å². The Morgan fingerprint density at radius 3 is 2.53 bits per heavy atom. The lowest BCUT2D eigenvalue weighted by molar-refractivity contribution is 0.337. The maximum absolute atomic E-state index is 11.5. The van der Waals surface area contributed by atoms with E-state index < -0.39 is 11.2 Å². The molecule has 0 bridgehead atoms. The van der Waals surface area contributed by atoms with E-state index in [2.05, 4.69) is 40.7 Å². The van der Waals surface area contributed by atoms with E-state index in [-0.39, 0.29) is 22.6 Å². The number of H-pyrrole nitrogens is 3. The fourth-order valence-corrected chi connectivity index (χ4v) is 2.19. The first kappa shape index (κ1) is 13.5. The molecule has 2 rings (SSSR count). The zero-order valence-electron chi connectivity index (χ0n) is 11.3. The molecule has 1 unspecified atom stereocenters. The molecule has 104 valence electrons. The van der Waals surface area contributed by atoms with Crippen LogP contribution in [0.4, 0.5) is 0 Å². The lowest BCUT2D eigenvalue weighted by atomic mass is 9.87. The van der Waals surface area contributed by atoms with E-state index in [1.807, 2.05) is 0 Å². The van der Waals surface area contributed by atoms with Crippen molar-refractivity contribution in [1.29, 1.82) is 0 Å². The minimum absolute atomic E-state index is 0.0497. The van der Waals surface area contributed by atoms with Crippen LogP contribution in [0.3, 0.4) is 0 Å². The van der Waals surface area contributed by atoms with Crippen molar-refractivity contribution >= 4 is 11.2 Å². The zero-order chi connectivity index (χ0) is 14.2. The van der Waals surface area contributed by atoms with Crippen molar-refractivity contribution in [2.75, 3.05) is 0 Å². The molecule has 0 saturated carbocycles. The van der Waals surface area contributed by atoms with Crippen LogP contribution in [0.1, 0.15) is 33.0 Å². The Hall–Kier alpha value is -1.89. The Morgan fingerprint density at radius 2 is 1.89 bits per heavy atom. The molecule has 0 aliphatic carbocycles. The van der Waals surface area contributed by atoms with E-state index in [1.54, 1.807) is 0 Å². The first-order valence-corrected chi connectivity index (χ1v) is 6.21. The van der Waals surface area contributed by atoms with Gasteiger partial charge in [-0.05, 0) is 11.8 Å². The van der Waals surface area contributed by atoms with Gasteiger partial charge in [-0.3, -0.25) is 14.8 Å². The Kier molecular flexibility index (Phi) is 3.32. The average molecular weight is 265 g/mol. The second-order valence-electron chi connectivity index (χ2n) is 6.04. The fraction of sp³-hybridized carbons (Fsp3) is 0.583. The molecule has 0 amide bonds. The first-order chi connectivity index (χ1) is 8.74. The van der Waals surface area contributed by atoms with E-state index in [1.165, 1.54) is 0 Å². The van der Waals surface area contributed by atoms with Crippen molar-refractivity contribution in [2.24, 2.45) is 11.1 Å². The monoisotopic (exact) mass is 265 g/mol. The highest BCUT2D eigenvalue weighted by molar-refractivity contribution is 5.68. The maximum atomic E-state index is 11.5. The number of aromatic amines is 3. The van der Waals surface area contributed by atoms with Gasteiger partial charge in [-0.25, -0.2) is 9.78 Å². The summed E-state index contributed by atoms with van der Waals surface area (Å²) in [4.78, 5) is 34.4. The second kappa shape index (κ2) is 4.65. The maximum Gasteiger partial charge on any atom is 0.327 e. The summed E-state index contributed by atoms with van der Waals surface area (Å²) in [5.74, 6) is 0.610. The standard InChI is InChI=1S/C12H19N5O2/c1-12(2,3)5-6(13)4-7-14-8-9(15-7)16-11(19)17-10(8)18/h6H,4-5,13H2,1-3H3,(H3,14,15,16,17,18,19). The van der Waals surface area contributed by atoms with Crippen LogP contribution < -0.4 is 17.0 Å². The predicted molar refractivity (Wildman–Crippen MR) is 73.1 cm³/mol. The summed E-state index contributed by atoms with van der Waals surface area (Å²) in [5.41, 5.74) is 5.71. The highest BCUT2D eigenvalue weighted by atomic mass is 16.2.